The van der Waals surface area contributed by atoms with E-state index in [2.05, 4.69) is 11.2 Å². The fourth-order valence-electron chi connectivity index (χ4n) is 0.551. The second-order valence-electron chi connectivity index (χ2n) is 3.20. The molecule has 1 N–H and O–H groups in total. The van der Waals surface area contributed by atoms with Gasteiger partial charge in [0, 0.05) is 0 Å². The van der Waals surface area contributed by atoms with Crippen molar-refractivity contribution in [1.29, 1.82) is 0 Å². The van der Waals surface area contributed by atoms with Crippen LogP contribution < -0.4 is 4.65 Å². The Hall–Kier alpha value is -0.00623. The van der Waals surface area contributed by atoms with Crippen LogP contribution in [0.25, 0.3) is 0 Å². The summed E-state index contributed by atoms with van der Waals surface area (Å²) in [6.45, 7) is 8.62. The number of halogens is 2. The Morgan fingerprint density at radius 2 is 1.70 bits per heavy atom. The molecule has 0 aliphatic carbocycles. The quantitative estimate of drug-likeness (QED) is 0.519. The van der Waals surface area contributed by atoms with Crippen molar-refractivity contribution in [3.63, 3.8) is 0 Å². The summed E-state index contributed by atoms with van der Waals surface area (Å²) in [6, 6.07) is 0. The second kappa shape index (κ2) is 2.93. The van der Waals surface area contributed by atoms with Crippen molar-refractivity contribution in [3.05, 3.63) is 12.3 Å². The third-order valence-corrected chi connectivity index (χ3v) is 5.64. The third kappa shape index (κ3) is 4.83. The summed E-state index contributed by atoms with van der Waals surface area (Å²) in [5.41, 5.74) is 0.769. The monoisotopic (exact) mass is 181 g/mol. The molecule has 0 aliphatic rings. The summed E-state index contributed by atoms with van der Waals surface area (Å²) in [4.78, 5) is 0. The van der Waals surface area contributed by atoms with Crippen LogP contribution in [-0.4, -0.2) is 17.1 Å². The zero-order valence-corrected chi connectivity index (χ0v) is 8.54. The van der Waals surface area contributed by atoms with E-state index in [1.54, 1.807) is 0 Å². The van der Waals surface area contributed by atoms with Crippen molar-refractivity contribution in [2.24, 2.45) is 0 Å². The van der Waals surface area contributed by atoms with Gasteiger partial charge in [0.05, 0.1) is 0 Å². The van der Waals surface area contributed by atoms with Gasteiger partial charge in [-0.15, -0.1) is 6.58 Å². The predicted molar refractivity (Wildman–Crippen MR) is 44.6 cm³/mol. The lowest BCUT2D eigenvalue weighted by molar-refractivity contribution is 0.611. The predicted octanol–water partition coefficient (Wildman–Crippen LogP) is 2.01. The summed E-state index contributed by atoms with van der Waals surface area (Å²) in [6.07, 6.45) is 0. The molecule has 0 spiro atoms. The highest BCUT2D eigenvalue weighted by molar-refractivity contribution is 6.87. The van der Waals surface area contributed by atoms with Gasteiger partial charge < -0.3 is 4.65 Å². The van der Waals surface area contributed by atoms with Gasteiger partial charge in [-0.3, -0.25) is 0 Å². The van der Waals surface area contributed by atoms with Gasteiger partial charge in [-0.2, -0.15) is 0 Å². The molecule has 0 atom stereocenters. The third-order valence-electron chi connectivity index (χ3n) is 0.798. The maximum atomic E-state index is 12.6. The van der Waals surface area contributed by atoms with Gasteiger partial charge in [-0.05, 0) is 5.70 Å². The van der Waals surface area contributed by atoms with Gasteiger partial charge in [-0.1, -0.05) is 19.6 Å². The molecule has 0 aromatic carbocycles. The first-order valence-corrected chi connectivity index (χ1v) is 8.41. The highest BCUT2D eigenvalue weighted by Crippen LogP contribution is 2.08. The van der Waals surface area contributed by atoms with E-state index in [1.165, 1.54) is 0 Å². The Morgan fingerprint density at radius 1 is 1.30 bits per heavy atom. The van der Waals surface area contributed by atoms with Crippen LogP contribution in [0.4, 0.5) is 8.22 Å². The molecule has 0 unspecified atom stereocenters. The van der Waals surface area contributed by atoms with Crippen LogP contribution in [0.2, 0.25) is 19.6 Å². The van der Waals surface area contributed by atoms with E-state index in [0.29, 0.717) is 0 Å². The largest absolute Gasteiger partial charge is 0.523 e. The Labute approximate surface area is 62.7 Å². The van der Waals surface area contributed by atoms with Crippen LogP contribution in [-0.2, 0) is 0 Å². The molecule has 0 aliphatic heterocycles. The highest BCUT2D eigenvalue weighted by atomic mass is 28.5. The van der Waals surface area contributed by atoms with Gasteiger partial charge >= 0.3 is 8.90 Å². The second-order valence-corrected chi connectivity index (χ2v) is 10.4. The van der Waals surface area contributed by atoms with E-state index in [0.717, 1.165) is 5.70 Å². The Balaban J connectivity index is 4.01. The molecular formula is C5H13F2NSi2. The van der Waals surface area contributed by atoms with Gasteiger partial charge in [0.15, 0.2) is 0 Å². The Kier molecular flexibility index (Phi) is 2.93. The first-order chi connectivity index (χ1) is 4.27. The number of hydrogen-bond acceptors (Lipinski definition) is 1. The van der Waals surface area contributed by atoms with Gasteiger partial charge in [0.2, 0.25) is 0 Å². The van der Waals surface area contributed by atoms with Crippen molar-refractivity contribution in [2.45, 2.75) is 19.6 Å². The van der Waals surface area contributed by atoms with Crippen LogP contribution in [0.1, 0.15) is 0 Å². The smallest absolute Gasteiger partial charge is 0.306 e. The molecule has 0 aromatic rings. The van der Waals surface area contributed by atoms with Crippen molar-refractivity contribution in [3.8, 4) is 0 Å². The molecule has 1 nitrogen and oxygen atoms in total. The molecular weight excluding hydrogens is 168 g/mol. The average Bonchev–Trinajstić information content (AvgIpc) is 1.60. The minimum atomic E-state index is -4.24. The fourth-order valence-corrected chi connectivity index (χ4v) is 4.96. The van der Waals surface area contributed by atoms with Gasteiger partial charge in [0.1, 0.15) is 8.24 Å². The van der Waals surface area contributed by atoms with Crippen LogP contribution in [0, 0.1) is 0 Å². The maximum Gasteiger partial charge on any atom is 0.523 e. The summed E-state index contributed by atoms with van der Waals surface area (Å²) in [7, 11) is -6.06. The topological polar surface area (TPSA) is 12.0 Å². The van der Waals surface area contributed by atoms with E-state index in [-0.39, 0.29) is 0 Å². The lowest BCUT2D eigenvalue weighted by atomic mass is 11.3. The standard InChI is InChI=1S/C5H13F2NSi2/c1-5-10(6,7)8-9(2,3)4/h5,8H,1H2,2-4H3. The zero-order chi connectivity index (χ0) is 8.41. The summed E-state index contributed by atoms with van der Waals surface area (Å²) in [5, 5.41) is 0. The fraction of sp³-hybridized carbons (Fsp3) is 0.600. The van der Waals surface area contributed by atoms with E-state index >= 15 is 0 Å². The number of rotatable bonds is 3. The minimum Gasteiger partial charge on any atom is -0.306 e. The first-order valence-electron chi connectivity index (χ1n) is 3.07. The Morgan fingerprint density at radius 3 is 1.80 bits per heavy atom. The van der Waals surface area contributed by atoms with Crippen LogP contribution >= 0.6 is 0 Å². The van der Waals surface area contributed by atoms with Crippen LogP contribution in [0.3, 0.4) is 0 Å². The molecule has 0 rings (SSSR count). The lowest BCUT2D eigenvalue weighted by Gasteiger charge is -2.21. The molecule has 0 fully saturated rings. The van der Waals surface area contributed by atoms with Crippen molar-refractivity contribution in [1.82, 2.24) is 4.65 Å². The van der Waals surface area contributed by atoms with Gasteiger partial charge in [0.25, 0.3) is 0 Å². The molecule has 0 aromatic heterocycles. The summed E-state index contributed by atoms with van der Waals surface area (Å²) >= 11 is 0. The molecule has 0 radical (unpaired) electrons. The van der Waals surface area contributed by atoms with Crippen molar-refractivity contribution >= 4 is 17.1 Å². The number of nitrogens with one attached hydrogen (secondary N) is 1. The van der Waals surface area contributed by atoms with Crippen LogP contribution in [0.15, 0.2) is 12.3 Å². The van der Waals surface area contributed by atoms with E-state index in [4.69, 9.17) is 0 Å². The first kappa shape index (κ1) is 9.99. The molecule has 5 heteroatoms. The van der Waals surface area contributed by atoms with Crippen molar-refractivity contribution < 1.29 is 8.22 Å². The lowest BCUT2D eigenvalue weighted by Crippen LogP contribution is -2.55. The van der Waals surface area contributed by atoms with Gasteiger partial charge in [-0.25, -0.2) is 8.22 Å². The molecule has 0 heterocycles. The zero-order valence-electron chi connectivity index (χ0n) is 6.54. The molecule has 0 bridgehead atoms. The molecule has 10 heavy (non-hydrogen) atoms. The summed E-state index contributed by atoms with van der Waals surface area (Å²) in [5.74, 6) is 0. The normalized spacial score (nSPS) is 13.3. The molecule has 0 saturated carbocycles. The SMILES string of the molecule is C=C[Si](F)(F)N[Si](C)(C)C. The average molecular weight is 181 g/mol. The van der Waals surface area contributed by atoms with E-state index in [9.17, 15) is 8.22 Å². The van der Waals surface area contributed by atoms with Crippen molar-refractivity contribution in [2.75, 3.05) is 0 Å². The summed E-state index contributed by atoms with van der Waals surface area (Å²) < 4.78 is 27.6. The minimum absolute atomic E-state index is 0.769. The number of hydrogen-bond donors (Lipinski definition) is 1. The molecule has 0 saturated heterocycles. The highest BCUT2D eigenvalue weighted by Gasteiger charge is 2.36. The maximum absolute atomic E-state index is 12.6. The van der Waals surface area contributed by atoms with Crippen LogP contribution in [0.5, 0.6) is 0 Å². The molecule has 60 valence electrons. The van der Waals surface area contributed by atoms with E-state index in [1.807, 2.05) is 19.6 Å². The Bertz CT molecular complexity index is 130. The van der Waals surface area contributed by atoms with E-state index < -0.39 is 17.1 Å². The molecule has 0 amide bonds.